The Kier molecular flexibility index (Phi) is 8.46. The maximum Gasteiger partial charge on any atom is 0.326 e. The van der Waals surface area contributed by atoms with Gasteiger partial charge in [0.15, 0.2) is 5.75 Å². The number of aromatic hydroxyl groups is 1. The second-order valence-electron chi connectivity index (χ2n) is 7.17. The van der Waals surface area contributed by atoms with Crippen LogP contribution in [0.4, 0.5) is 0 Å². The van der Waals surface area contributed by atoms with Gasteiger partial charge in [0, 0.05) is 5.56 Å². The van der Waals surface area contributed by atoms with Gasteiger partial charge in [-0.25, -0.2) is 4.79 Å². The van der Waals surface area contributed by atoms with E-state index in [9.17, 15) is 19.5 Å². The van der Waals surface area contributed by atoms with Crippen molar-refractivity contribution in [1.29, 1.82) is 0 Å². The molecule has 31 heavy (non-hydrogen) atoms. The number of hydrogen-bond donors (Lipinski definition) is 4. The summed E-state index contributed by atoms with van der Waals surface area (Å²) in [7, 11) is 0. The van der Waals surface area contributed by atoms with E-state index in [4.69, 9.17) is 15.6 Å². The fraction of sp³-hybridized carbons (Fsp3) is 0.286. The topological polar surface area (TPSA) is 139 Å². The SMILES string of the molecule is CC(C)c1cc(Oc2c(Br)cc(CC(=O)NC(CC(N)=O)C(=O)O)cc2Br)ccc1O. The molecule has 166 valence electrons. The van der Waals surface area contributed by atoms with Gasteiger partial charge in [0.2, 0.25) is 11.8 Å². The Hall–Kier alpha value is -2.59. The van der Waals surface area contributed by atoms with E-state index in [0.29, 0.717) is 26.0 Å². The molecule has 2 aromatic carbocycles. The molecule has 0 bridgehead atoms. The van der Waals surface area contributed by atoms with Gasteiger partial charge in [0.1, 0.15) is 17.5 Å². The second kappa shape index (κ2) is 10.6. The van der Waals surface area contributed by atoms with Crippen LogP contribution >= 0.6 is 31.9 Å². The zero-order valence-electron chi connectivity index (χ0n) is 16.8. The number of hydrogen-bond acceptors (Lipinski definition) is 5. The Morgan fingerprint density at radius 1 is 1.13 bits per heavy atom. The number of phenols is 1. The van der Waals surface area contributed by atoms with E-state index in [0.717, 1.165) is 5.56 Å². The van der Waals surface area contributed by atoms with E-state index in [1.54, 1.807) is 30.3 Å². The van der Waals surface area contributed by atoms with Gasteiger partial charge in [-0.1, -0.05) is 13.8 Å². The molecule has 2 amide bonds. The molecule has 0 saturated heterocycles. The minimum Gasteiger partial charge on any atom is -0.508 e. The molecule has 0 aliphatic heterocycles. The average molecular weight is 558 g/mol. The minimum atomic E-state index is -1.39. The van der Waals surface area contributed by atoms with Crippen LogP contribution in [0, 0.1) is 0 Å². The molecule has 0 heterocycles. The van der Waals surface area contributed by atoms with Gasteiger partial charge in [-0.3, -0.25) is 9.59 Å². The smallest absolute Gasteiger partial charge is 0.326 e. The fourth-order valence-electron chi connectivity index (χ4n) is 2.82. The number of ether oxygens (including phenoxy) is 1. The molecule has 0 aliphatic rings. The number of rotatable bonds is 9. The van der Waals surface area contributed by atoms with Crippen LogP contribution in [-0.2, 0) is 20.8 Å². The molecular weight excluding hydrogens is 536 g/mol. The van der Waals surface area contributed by atoms with Crippen LogP contribution in [0.3, 0.4) is 0 Å². The summed E-state index contributed by atoms with van der Waals surface area (Å²) in [6, 6.07) is 6.93. The predicted molar refractivity (Wildman–Crippen MR) is 121 cm³/mol. The number of carboxylic acids is 1. The van der Waals surface area contributed by atoms with Crippen molar-refractivity contribution < 1.29 is 29.3 Å². The van der Waals surface area contributed by atoms with Crippen molar-refractivity contribution in [2.24, 2.45) is 5.73 Å². The molecule has 0 fully saturated rings. The number of carbonyl (C=O) groups excluding carboxylic acids is 2. The van der Waals surface area contributed by atoms with Crippen molar-refractivity contribution in [2.45, 2.75) is 38.6 Å². The van der Waals surface area contributed by atoms with Crippen LogP contribution in [0.15, 0.2) is 39.3 Å². The first-order valence-corrected chi connectivity index (χ1v) is 10.9. The molecule has 0 spiro atoms. The summed E-state index contributed by atoms with van der Waals surface area (Å²) in [5, 5.41) is 21.4. The molecule has 2 rings (SSSR count). The summed E-state index contributed by atoms with van der Waals surface area (Å²) in [4.78, 5) is 34.4. The highest BCUT2D eigenvalue weighted by Gasteiger charge is 2.22. The van der Waals surface area contributed by atoms with Crippen molar-refractivity contribution in [3.8, 4) is 17.2 Å². The Morgan fingerprint density at radius 2 is 1.74 bits per heavy atom. The van der Waals surface area contributed by atoms with Crippen molar-refractivity contribution in [1.82, 2.24) is 5.32 Å². The van der Waals surface area contributed by atoms with Gasteiger partial charge >= 0.3 is 5.97 Å². The van der Waals surface area contributed by atoms with E-state index in [1.807, 2.05) is 13.8 Å². The van der Waals surface area contributed by atoms with Gasteiger partial charge in [-0.15, -0.1) is 0 Å². The Balaban J connectivity index is 2.17. The number of carbonyl (C=O) groups is 3. The molecule has 2 aromatic rings. The van der Waals surface area contributed by atoms with Crippen LogP contribution in [0.1, 0.15) is 37.3 Å². The Labute approximate surface area is 196 Å². The highest BCUT2D eigenvalue weighted by molar-refractivity contribution is 9.11. The van der Waals surface area contributed by atoms with E-state index in [-0.39, 0.29) is 18.1 Å². The summed E-state index contributed by atoms with van der Waals surface area (Å²) in [6.45, 7) is 3.92. The highest BCUT2D eigenvalue weighted by atomic mass is 79.9. The molecular formula is C21H22Br2N2O6. The molecule has 0 radical (unpaired) electrons. The van der Waals surface area contributed by atoms with Crippen molar-refractivity contribution >= 4 is 49.6 Å². The number of aliphatic carboxylic acids is 1. The molecule has 0 saturated carbocycles. The maximum atomic E-state index is 12.2. The van der Waals surface area contributed by atoms with Gasteiger partial charge in [-0.05, 0) is 73.7 Å². The summed E-state index contributed by atoms with van der Waals surface area (Å²) < 4.78 is 7.08. The van der Waals surface area contributed by atoms with Crippen molar-refractivity contribution in [3.05, 3.63) is 50.4 Å². The van der Waals surface area contributed by atoms with Gasteiger partial charge in [0.05, 0.1) is 21.8 Å². The number of nitrogens with two attached hydrogens (primary N) is 1. The fourth-order valence-corrected chi connectivity index (χ4v) is 4.26. The lowest BCUT2D eigenvalue weighted by Crippen LogP contribution is -2.43. The largest absolute Gasteiger partial charge is 0.508 e. The molecule has 1 unspecified atom stereocenters. The highest BCUT2D eigenvalue weighted by Crippen LogP contribution is 2.39. The molecule has 8 nitrogen and oxygen atoms in total. The van der Waals surface area contributed by atoms with E-state index < -0.39 is 30.2 Å². The van der Waals surface area contributed by atoms with Crippen LogP contribution < -0.4 is 15.8 Å². The van der Waals surface area contributed by atoms with Crippen molar-refractivity contribution in [2.75, 3.05) is 0 Å². The third-order valence-electron chi connectivity index (χ3n) is 4.30. The third kappa shape index (κ3) is 6.96. The Bertz CT molecular complexity index is 986. The summed E-state index contributed by atoms with van der Waals surface area (Å²) >= 11 is 6.85. The van der Waals surface area contributed by atoms with Gasteiger partial charge < -0.3 is 26.0 Å². The first-order valence-electron chi connectivity index (χ1n) is 9.27. The standard InChI is InChI=1S/C21H22Br2N2O6/c1-10(2)13-8-12(3-4-17(13)26)31-20-14(22)5-11(6-15(20)23)7-19(28)25-16(21(29)30)9-18(24)27/h3-6,8,10,16,26H,7,9H2,1-2H3,(H2,24,27)(H,25,28)(H,29,30). The van der Waals surface area contributed by atoms with Crippen LogP contribution in [0.5, 0.6) is 17.2 Å². The third-order valence-corrected chi connectivity index (χ3v) is 5.48. The van der Waals surface area contributed by atoms with E-state index in [1.165, 1.54) is 0 Å². The number of phenolic OH excluding ortho intramolecular Hbond substituents is 1. The zero-order chi connectivity index (χ0) is 23.3. The van der Waals surface area contributed by atoms with Crippen LogP contribution in [-0.4, -0.2) is 34.0 Å². The normalized spacial score (nSPS) is 11.8. The summed E-state index contributed by atoms with van der Waals surface area (Å²) in [6.07, 6.45) is -0.608. The monoisotopic (exact) mass is 556 g/mol. The van der Waals surface area contributed by atoms with Gasteiger partial charge in [-0.2, -0.15) is 0 Å². The average Bonchev–Trinajstić information content (AvgIpc) is 2.64. The maximum absolute atomic E-state index is 12.2. The van der Waals surface area contributed by atoms with Crippen LogP contribution in [0.25, 0.3) is 0 Å². The van der Waals surface area contributed by atoms with Crippen molar-refractivity contribution in [3.63, 3.8) is 0 Å². The molecule has 5 N–H and O–H groups in total. The minimum absolute atomic E-state index is 0.112. The number of carboxylic acid groups (broad SMARTS) is 1. The lowest BCUT2D eigenvalue weighted by molar-refractivity contribution is -0.143. The lowest BCUT2D eigenvalue weighted by Gasteiger charge is -2.15. The Morgan fingerprint density at radius 3 is 2.26 bits per heavy atom. The first kappa shape index (κ1) is 24.7. The summed E-state index contributed by atoms with van der Waals surface area (Å²) in [5.41, 5.74) is 6.35. The van der Waals surface area contributed by atoms with E-state index >= 15 is 0 Å². The molecule has 10 heteroatoms. The second-order valence-corrected chi connectivity index (χ2v) is 8.88. The quantitative estimate of drug-likeness (QED) is 0.369. The number of benzene rings is 2. The number of amides is 2. The zero-order valence-corrected chi connectivity index (χ0v) is 20.0. The number of halogens is 2. The predicted octanol–water partition coefficient (Wildman–Crippen LogP) is 3.82. The van der Waals surface area contributed by atoms with E-state index in [2.05, 4.69) is 37.2 Å². The molecule has 0 aromatic heterocycles. The lowest BCUT2D eigenvalue weighted by atomic mass is 10.0. The van der Waals surface area contributed by atoms with Crippen LogP contribution in [0.2, 0.25) is 0 Å². The molecule has 0 aliphatic carbocycles. The molecule has 1 atom stereocenters. The first-order chi connectivity index (χ1) is 14.5. The van der Waals surface area contributed by atoms with Gasteiger partial charge in [0.25, 0.3) is 0 Å². The number of primary amides is 1. The number of nitrogens with one attached hydrogen (secondary N) is 1. The summed E-state index contributed by atoms with van der Waals surface area (Å²) in [5.74, 6) is -1.42.